The molecule has 0 spiro atoms. The Morgan fingerprint density at radius 3 is 1.21 bits per heavy atom. The quantitative estimate of drug-likeness (QED) is 0.159. The number of hydrogen-bond donors (Lipinski definition) is 0. The Balaban J connectivity index is 1.09. The van der Waals surface area contributed by atoms with Crippen molar-refractivity contribution in [2.45, 2.75) is 0 Å². The molecule has 4 aromatic heterocycles. The number of fused-ring (bicyclic) bond motifs is 6. The summed E-state index contributed by atoms with van der Waals surface area (Å²) >= 11 is 3.60. The summed E-state index contributed by atoms with van der Waals surface area (Å²) in [6.07, 6.45) is 0. The summed E-state index contributed by atoms with van der Waals surface area (Å²) in [4.78, 5) is 31.0. The third-order valence-electron chi connectivity index (χ3n) is 11.2. The first-order valence-corrected chi connectivity index (χ1v) is 22.0. The monoisotopic (exact) mass is 828 g/mol. The van der Waals surface area contributed by atoms with Gasteiger partial charge in [0.15, 0.2) is 34.9 Å². The molecule has 12 aromatic rings. The van der Waals surface area contributed by atoms with E-state index in [2.05, 4.69) is 103 Å². The average Bonchev–Trinajstić information content (AvgIpc) is 3.92. The van der Waals surface area contributed by atoms with Crippen molar-refractivity contribution >= 4 is 63.0 Å². The van der Waals surface area contributed by atoms with Crippen molar-refractivity contribution in [3.8, 4) is 79.5 Å². The molecule has 0 aliphatic rings. The second-order valence-electron chi connectivity index (χ2n) is 15.1. The molecule has 0 saturated carbocycles. The van der Waals surface area contributed by atoms with E-state index in [1.807, 2.05) is 91.0 Å². The lowest BCUT2D eigenvalue weighted by atomic mass is 9.95. The zero-order valence-electron chi connectivity index (χ0n) is 33.0. The second kappa shape index (κ2) is 15.0. The molecule has 0 saturated heterocycles. The molecule has 0 fully saturated rings. The Morgan fingerprint density at radius 2 is 0.629 bits per heavy atom. The molecule has 62 heavy (non-hydrogen) atoms. The van der Waals surface area contributed by atoms with E-state index in [9.17, 15) is 0 Å². The lowest BCUT2D eigenvalue weighted by Crippen LogP contribution is -2.03. The molecule has 0 bridgehead atoms. The molecular weight excluding hydrogens is 797 g/mol. The van der Waals surface area contributed by atoms with Crippen molar-refractivity contribution in [3.05, 3.63) is 194 Å². The maximum atomic E-state index is 5.23. The molecule has 4 heterocycles. The van der Waals surface area contributed by atoms with Crippen LogP contribution in [0.2, 0.25) is 0 Å². The first-order chi connectivity index (χ1) is 30.7. The minimum atomic E-state index is 0.553. The highest BCUT2D eigenvalue weighted by molar-refractivity contribution is 7.26. The fourth-order valence-electron chi connectivity index (χ4n) is 8.16. The third kappa shape index (κ3) is 6.50. The van der Waals surface area contributed by atoms with Crippen molar-refractivity contribution in [2.75, 3.05) is 0 Å². The summed E-state index contributed by atoms with van der Waals surface area (Å²) in [6.45, 7) is 0. The van der Waals surface area contributed by atoms with Gasteiger partial charge in [0, 0.05) is 73.7 Å². The van der Waals surface area contributed by atoms with Crippen LogP contribution in [0.25, 0.3) is 120 Å². The van der Waals surface area contributed by atoms with E-state index in [-0.39, 0.29) is 0 Å². The average molecular weight is 829 g/mol. The standard InChI is InChI=1S/C54H32N6S2/c1-4-14-33(15-5-1)49-56-52(58-53(57-49)38-26-29-47-43(30-38)41-21-11-13-23-46(41)61-47)37-25-27-39(36-24-28-42-40-20-10-12-22-45(40)62-48(42)32-36)44(31-37)54-59-50(34-16-6-2-7-17-34)55-51(60-54)35-18-8-3-9-19-35/h1-32H. The Morgan fingerprint density at radius 1 is 0.226 bits per heavy atom. The van der Waals surface area contributed by atoms with Crippen molar-refractivity contribution in [1.82, 2.24) is 29.9 Å². The Bertz CT molecular complexity index is 3580. The topological polar surface area (TPSA) is 77.3 Å². The SMILES string of the molecule is c1ccc(-c2nc(-c3ccc(-c4ccc5c(c4)sc4ccccc45)c(-c4nc(-c5ccccc5)nc(-c5ccccc5)n4)c3)nc(-c3ccc4sc5ccccc5c4c3)n2)cc1. The summed E-state index contributed by atoms with van der Waals surface area (Å²) < 4.78 is 4.96. The molecule has 0 aliphatic carbocycles. The van der Waals surface area contributed by atoms with Gasteiger partial charge < -0.3 is 0 Å². The number of nitrogens with zero attached hydrogens (tertiary/aromatic N) is 6. The van der Waals surface area contributed by atoms with Crippen LogP contribution >= 0.6 is 22.7 Å². The van der Waals surface area contributed by atoms with Gasteiger partial charge in [0.25, 0.3) is 0 Å². The van der Waals surface area contributed by atoms with Crippen LogP contribution in [0.15, 0.2) is 194 Å². The third-order valence-corrected chi connectivity index (χ3v) is 13.5. The van der Waals surface area contributed by atoms with Gasteiger partial charge in [-0.2, -0.15) is 0 Å². The van der Waals surface area contributed by atoms with E-state index in [1.165, 1.54) is 40.3 Å². The van der Waals surface area contributed by atoms with Gasteiger partial charge in [0.05, 0.1) is 0 Å². The van der Waals surface area contributed by atoms with Gasteiger partial charge in [0.2, 0.25) is 0 Å². The number of thiophene rings is 2. The first-order valence-electron chi connectivity index (χ1n) is 20.4. The van der Waals surface area contributed by atoms with Gasteiger partial charge in [-0.15, -0.1) is 22.7 Å². The van der Waals surface area contributed by atoms with E-state index >= 15 is 0 Å². The molecule has 6 nitrogen and oxygen atoms in total. The minimum Gasteiger partial charge on any atom is -0.208 e. The minimum absolute atomic E-state index is 0.553. The van der Waals surface area contributed by atoms with Crippen LogP contribution in [0.3, 0.4) is 0 Å². The zero-order chi connectivity index (χ0) is 41.0. The number of hydrogen-bond acceptors (Lipinski definition) is 8. The molecule has 0 atom stereocenters. The molecule has 0 N–H and O–H groups in total. The van der Waals surface area contributed by atoms with Gasteiger partial charge in [-0.05, 0) is 53.6 Å². The Kier molecular flexibility index (Phi) is 8.76. The van der Waals surface area contributed by atoms with Crippen LogP contribution in [-0.4, -0.2) is 29.9 Å². The maximum Gasteiger partial charge on any atom is 0.164 e. The van der Waals surface area contributed by atoms with Crippen molar-refractivity contribution in [3.63, 3.8) is 0 Å². The lowest BCUT2D eigenvalue weighted by molar-refractivity contribution is 1.07. The summed E-state index contributed by atoms with van der Waals surface area (Å²) in [5, 5.41) is 4.92. The second-order valence-corrected chi connectivity index (χ2v) is 17.3. The molecular formula is C54H32N6S2. The van der Waals surface area contributed by atoms with Gasteiger partial charge in [0.1, 0.15) is 0 Å². The summed E-state index contributed by atoms with van der Waals surface area (Å²) in [5.74, 6) is 3.49. The van der Waals surface area contributed by atoms with E-state index in [0.717, 1.165) is 44.5 Å². The molecule has 290 valence electrons. The number of rotatable bonds is 7. The Hall–Kier alpha value is -7.78. The highest BCUT2D eigenvalue weighted by Crippen LogP contribution is 2.41. The van der Waals surface area contributed by atoms with Gasteiger partial charge in [-0.1, -0.05) is 152 Å². The molecule has 0 amide bonds. The van der Waals surface area contributed by atoms with Crippen LogP contribution in [0.4, 0.5) is 0 Å². The summed E-state index contributed by atoms with van der Waals surface area (Å²) in [7, 11) is 0. The highest BCUT2D eigenvalue weighted by atomic mass is 32.1. The fraction of sp³-hybridized carbons (Fsp3) is 0. The first kappa shape index (κ1) is 36.1. The van der Waals surface area contributed by atoms with Crippen LogP contribution in [0.5, 0.6) is 0 Å². The lowest BCUT2D eigenvalue weighted by Gasteiger charge is -2.14. The van der Waals surface area contributed by atoms with Crippen molar-refractivity contribution in [1.29, 1.82) is 0 Å². The van der Waals surface area contributed by atoms with Gasteiger partial charge >= 0.3 is 0 Å². The van der Waals surface area contributed by atoms with E-state index in [1.54, 1.807) is 22.7 Å². The Labute approximate surface area is 364 Å². The molecule has 0 aliphatic heterocycles. The van der Waals surface area contributed by atoms with Gasteiger partial charge in [-0.25, -0.2) is 29.9 Å². The fourth-order valence-corrected chi connectivity index (χ4v) is 10.4. The maximum absolute atomic E-state index is 5.23. The van der Waals surface area contributed by atoms with Crippen LogP contribution in [-0.2, 0) is 0 Å². The summed E-state index contributed by atoms with van der Waals surface area (Å²) in [6, 6.07) is 67.0. The molecule has 0 unspecified atom stereocenters. The largest absolute Gasteiger partial charge is 0.208 e. The van der Waals surface area contributed by atoms with Crippen LogP contribution < -0.4 is 0 Å². The van der Waals surface area contributed by atoms with E-state index in [4.69, 9.17) is 29.9 Å². The van der Waals surface area contributed by atoms with E-state index in [0.29, 0.717) is 34.9 Å². The molecule has 0 radical (unpaired) electrons. The molecule has 8 aromatic carbocycles. The van der Waals surface area contributed by atoms with E-state index < -0.39 is 0 Å². The van der Waals surface area contributed by atoms with Gasteiger partial charge in [-0.3, -0.25) is 0 Å². The number of aromatic nitrogens is 6. The summed E-state index contributed by atoms with van der Waals surface area (Å²) in [5.41, 5.74) is 7.35. The predicted octanol–water partition coefficient (Wildman–Crippen LogP) is 14.5. The van der Waals surface area contributed by atoms with Crippen molar-refractivity contribution < 1.29 is 0 Å². The highest BCUT2D eigenvalue weighted by Gasteiger charge is 2.20. The molecule has 8 heteroatoms. The van der Waals surface area contributed by atoms with Crippen molar-refractivity contribution in [2.24, 2.45) is 0 Å². The predicted molar refractivity (Wildman–Crippen MR) is 257 cm³/mol. The number of benzene rings is 8. The molecule has 12 rings (SSSR count). The smallest absolute Gasteiger partial charge is 0.164 e. The van der Waals surface area contributed by atoms with Crippen LogP contribution in [0.1, 0.15) is 0 Å². The zero-order valence-corrected chi connectivity index (χ0v) is 34.6. The van der Waals surface area contributed by atoms with Crippen LogP contribution in [0, 0.1) is 0 Å². The normalized spacial score (nSPS) is 11.5.